The van der Waals surface area contributed by atoms with Gasteiger partial charge >= 0.3 is 5.97 Å². The third-order valence-corrected chi connectivity index (χ3v) is 3.06. The number of carboxylic acids is 1. The van der Waals surface area contributed by atoms with Crippen LogP contribution in [0.1, 0.15) is 17.3 Å². The number of carbonyl (C=O) groups is 3. The second kappa shape index (κ2) is 8.61. The van der Waals surface area contributed by atoms with Crippen molar-refractivity contribution in [3.8, 4) is 17.2 Å². The van der Waals surface area contributed by atoms with E-state index in [-0.39, 0.29) is 36.0 Å². The van der Waals surface area contributed by atoms with Crippen LogP contribution in [-0.2, 0) is 9.59 Å². The fourth-order valence-electron chi connectivity index (χ4n) is 1.96. The molecule has 0 aliphatic rings. The molecule has 0 aliphatic carbocycles. The lowest BCUT2D eigenvalue weighted by atomic mass is 10.1. The molecular weight excluding hydrogens is 320 g/mol. The van der Waals surface area contributed by atoms with Crippen molar-refractivity contribution < 1.29 is 33.7 Å². The number of hydrogen-bond donors (Lipinski definition) is 2. The molecule has 24 heavy (non-hydrogen) atoms. The van der Waals surface area contributed by atoms with Gasteiger partial charge in [-0.3, -0.25) is 14.4 Å². The van der Waals surface area contributed by atoms with Gasteiger partial charge < -0.3 is 30.0 Å². The zero-order valence-electron chi connectivity index (χ0n) is 13.7. The van der Waals surface area contributed by atoms with Crippen molar-refractivity contribution in [1.29, 1.82) is 0 Å². The Morgan fingerprint density at radius 1 is 1.17 bits per heavy atom. The first-order chi connectivity index (χ1) is 11.3. The van der Waals surface area contributed by atoms with Crippen LogP contribution in [0, 0.1) is 0 Å². The van der Waals surface area contributed by atoms with E-state index in [0.717, 1.165) is 4.90 Å². The molecule has 0 unspecified atom stereocenters. The minimum atomic E-state index is -1.12. The number of benzene rings is 1. The number of nitrogens with zero attached hydrogens (tertiary/aromatic N) is 1. The number of nitrogens with two attached hydrogens (primary N) is 1. The van der Waals surface area contributed by atoms with Gasteiger partial charge in [0.15, 0.2) is 18.1 Å². The largest absolute Gasteiger partial charge is 0.493 e. The van der Waals surface area contributed by atoms with Gasteiger partial charge in [-0.05, 0) is 19.1 Å². The topological polar surface area (TPSA) is 128 Å². The van der Waals surface area contributed by atoms with E-state index in [4.69, 9.17) is 25.1 Å². The Kier molecular flexibility index (Phi) is 6.84. The first-order valence-electron chi connectivity index (χ1n) is 7.02. The van der Waals surface area contributed by atoms with Crippen molar-refractivity contribution in [3.05, 3.63) is 17.7 Å². The highest BCUT2D eigenvalue weighted by molar-refractivity contribution is 5.97. The minimum absolute atomic E-state index is 0.122. The van der Waals surface area contributed by atoms with Crippen LogP contribution >= 0.6 is 0 Å². The zero-order valence-corrected chi connectivity index (χ0v) is 13.7. The number of hydrogen-bond acceptors (Lipinski definition) is 6. The zero-order chi connectivity index (χ0) is 18.3. The Morgan fingerprint density at radius 3 is 2.08 bits per heavy atom. The van der Waals surface area contributed by atoms with E-state index >= 15 is 0 Å². The van der Waals surface area contributed by atoms with E-state index in [9.17, 15) is 14.4 Å². The van der Waals surface area contributed by atoms with E-state index in [1.807, 2.05) is 0 Å². The molecule has 0 atom stereocenters. The van der Waals surface area contributed by atoms with Gasteiger partial charge in [0.1, 0.15) is 6.54 Å². The number of amides is 2. The summed E-state index contributed by atoms with van der Waals surface area (Å²) in [4.78, 5) is 35.3. The van der Waals surface area contributed by atoms with E-state index in [2.05, 4.69) is 0 Å². The number of carboxylic acid groups (broad SMARTS) is 1. The molecule has 2 amide bonds. The van der Waals surface area contributed by atoms with Gasteiger partial charge in [0, 0.05) is 12.1 Å². The summed E-state index contributed by atoms with van der Waals surface area (Å²) >= 11 is 0. The van der Waals surface area contributed by atoms with Crippen LogP contribution in [0.3, 0.4) is 0 Å². The third kappa shape index (κ3) is 4.77. The average Bonchev–Trinajstić information content (AvgIpc) is 2.55. The number of carbonyl (C=O) groups excluding carboxylic acids is 2. The molecule has 0 radical (unpaired) electrons. The van der Waals surface area contributed by atoms with E-state index in [1.54, 1.807) is 6.92 Å². The van der Waals surface area contributed by atoms with E-state index in [1.165, 1.54) is 26.4 Å². The normalized spacial score (nSPS) is 9.96. The van der Waals surface area contributed by atoms with Crippen molar-refractivity contribution in [2.45, 2.75) is 6.92 Å². The molecule has 9 nitrogen and oxygen atoms in total. The highest BCUT2D eigenvalue weighted by atomic mass is 16.5. The predicted molar refractivity (Wildman–Crippen MR) is 83.4 cm³/mol. The van der Waals surface area contributed by atoms with E-state index < -0.39 is 24.3 Å². The molecule has 0 bridgehead atoms. The first-order valence-corrected chi connectivity index (χ1v) is 7.02. The Bertz CT molecular complexity index is 605. The molecule has 3 N–H and O–H groups in total. The molecule has 0 spiro atoms. The van der Waals surface area contributed by atoms with Gasteiger partial charge in [0.05, 0.1) is 14.2 Å². The Morgan fingerprint density at radius 2 is 1.71 bits per heavy atom. The van der Waals surface area contributed by atoms with Crippen LogP contribution in [0.5, 0.6) is 17.2 Å². The fraction of sp³-hybridized carbons (Fsp3) is 0.400. The van der Waals surface area contributed by atoms with Crippen molar-refractivity contribution in [2.75, 3.05) is 33.9 Å². The lowest BCUT2D eigenvalue weighted by molar-refractivity contribution is -0.137. The second-order valence-corrected chi connectivity index (χ2v) is 4.68. The molecule has 0 aliphatic heterocycles. The second-order valence-electron chi connectivity index (χ2n) is 4.68. The molecule has 132 valence electrons. The smallest absolute Gasteiger partial charge is 0.323 e. The predicted octanol–water partition coefficient (Wildman–Crippen LogP) is 0.115. The number of likely N-dealkylation sites (N-methyl/N-ethyl adjacent to an activating group) is 1. The molecule has 9 heteroatoms. The van der Waals surface area contributed by atoms with Crippen molar-refractivity contribution >= 4 is 17.8 Å². The van der Waals surface area contributed by atoms with Gasteiger partial charge in [0.2, 0.25) is 5.75 Å². The summed E-state index contributed by atoms with van der Waals surface area (Å²) in [6, 6.07) is 2.76. The molecule has 1 aromatic carbocycles. The van der Waals surface area contributed by atoms with Gasteiger partial charge in [0.25, 0.3) is 11.8 Å². The quantitative estimate of drug-likeness (QED) is 0.653. The first kappa shape index (κ1) is 19.1. The summed E-state index contributed by atoms with van der Waals surface area (Å²) in [7, 11) is 2.71. The molecule has 1 rings (SSSR count). The van der Waals surface area contributed by atoms with Crippen LogP contribution < -0.4 is 19.9 Å². The summed E-state index contributed by atoms with van der Waals surface area (Å²) in [5, 5.41) is 8.87. The summed E-state index contributed by atoms with van der Waals surface area (Å²) in [6.07, 6.45) is 0. The van der Waals surface area contributed by atoms with Crippen LogP contribution in [0.25, 0.3) is 0 Å². The molecule has 0 fully saturated rings. The molecule has 0 aromatic heterocycles. The van der Waals surface area contributed by atoms with Crippen molar-refractivity contribution in [1.82, 2.24) is 4.90 Å². The number of ether oxygens (including phenoxy) is 3. The molecule has 0 saturated carbocycles. The maximum atomic E-state index is 12.5. The minimum Gasteiger partial charge on any atom is -0.493 e. The van der Waals surface area contributed by atoms with Crippen LogP contribution in [0.4, 0.5) is 0 Å². The molecule has 1 aromatic rings. The SMILES string of the molecule is CCN(CC(=O)O)C(=O)c1cc(OC)c(OCC(N)=O)c(OC)c1. The van der Waals surface area contributed by atoms with Crippen molar-refractivity contribution in [3.63, 3.8) is 0 Å². The highest BCUT2D eigenvalue weighted by Crippen LogP contribution is 2.38. The number of rotatable bonds is 9. The Labute approximate surface area is 138 Å². The summed E-state index contributed by atoms with van der Waals surface area (Å²) in [6.45, 7) is 1.06. The van der Waals surface area contributed by atoms with Crippen LogP contribution in [0.15, 0.2) is 12.1 Å². The lowest BCUT2D eigenvalue weighted by Gasteiger charge is -2.20. The lowest BCUT2D eigenvalue weighted by Crippen LogP contribution is -2.35. The summed E-state index contributed by atoms with van der Waals surface area (Å²) < 4.78 is 15.6. The summed E-state index contributed by atoms with van der Waals surface area (Å²) in [5.74, 6) is -1.87. The van der Waals surface area contributed by atoms with Gasteiger partial charge in [-0.1, -0.05) is 0 Å². The number of primary amides is 1. The third-order valence-electron chi connectivity index (χ3n) is 3.06. The maximum Gasteiger partial charge on any atom is 0.323 e. The monoisotopic (exact) mass is 340 g/mol. The average molecular weight is 340 g/mol. The fourth-order valence-corrected chi connectivity index (χ4v) is 1.96. The van der Waals surface area contributed by atoms with Crippen LogP contribution in [0.2, 0.25) is 0 Å². The van der Waals surface area contributed by atoms with Gasteiger partial charge in [-0.25, -0.2) is 0 Å². The molecular formula is C15H20N2O7. The Hall–Kier alpha value is -2.97. The number of aliphatic carboxylic acids is 1. The van der Waals surface area contributed by atoms with E-state index in [0.29, 0.717) is 0 Å². The van der Waals surface area contributed by atoms with Gasteiger partial charge in [-0.2, -0.15) is 0 Å². The van der Waals surface area contributed by atoms with Crippen LogP contribution in [-0.4, -0.2) is 61.7 Å². The summed E-state index contributed by atoms with van der Waals surface area (Å²) in [5.41, 5.74) is 5.21. The van der Waals surface area contributed by atoms with Crippen molar-refractivity contribution in [2.24, 2.45) is 5.73 Å². The molecule has 0 heterocycles. The van der Waals surface area contributed by atoms with Gasteiger partial charge in [-0.15, -0.1) is 0 Å². The standard InChI is InChI=1S/C15H20N2O7/c1-4-17(7-13(19)20)15(21)9-5-10(22-2)14(11(6-9)23-3)24-8-12(16)18/h5-6H,4,7-8H2,1-3H3,(H2,16,18)(H,19,20). The Balaban J connectivity index is 3.23. The highest BCUT2D eigenvalue weighted by Gasteiger charge is 2.22. The maximum absolute atomic E-state index is 12.5. The number of methoxy groups -OCH3 is 2. The molecule has 0 saturated heterocycles.